The van der Waals surface area contributed by atoms with Crippen molar-refractivity contribution in [1.82, 2.24) is 24.6 Å². The summed E-state index contributed by atoms with van der Waals surface area (Å²) in [5.74, 6) is 1.35. The summed E-state index contributed by atoms with van der Waals surface area (Å²) in [6.45, 7) is 2.93. The minimum absolute atomic E-state index is 0.0165. The van der Waals surface area contributed by atoms with E-state index in [2.05, 4.69) is 15.2 Å². The standard InChI is InChI=1S/C15H19N5O4.CH2O2/c1-9-6-19(7-13-17-18-14(8-23-2)20(9)13)15(22)10-4-11(21)12(24-3)5-16-10;2-1-3/h4-5,9H,6-8H2,1-3H3,(H,16,21);1H,(H,2,3)/t9-;/m0./s1. The van der Waals surface area contributed by atoms with Gasteiger partial charge in [-0.3, -0.25) is 14.4 Å². The monoisotopic (exact) mass is 379 g/mol. The van der Waals surface area contributed by atoms with Gasteiger partial charge in [0.25, 0.3) is 12.4 Å². The molecule has 0 radical (unpaired) electrons. The number of hydrogen-bond acceptors (Lipinski definition) is 7. The van der Waals surface area contributed by atoms with Gasteiger partial charge in [-0.1, -0.05) is 0 Å². The van der Waals surface area contributed by atoms with Crippen LogP contribution in [0.4, 0.5) is 0 Å². The predicted molar refractivity (Wildman–Crippen MR) is 92.5 cm³/mol. The summed E-state index contributed by atoms with van der Waals surface area (Å²) in [5, 5.41) is 15.1. The molecule has 27 heavy (non-hydrogen) atoms. The van der Waals surface area contributed by atoms with E-state index in [1.807, 2.05) is 11.5 Å². The van der Waals surface area contributed by atoms with Crippen molar-refractivity contribution in [3.8, 4) is 5.75 Å². The van der Waals surface area contributed by atoms with Crippen LogP contribution in [0.15, 0.2) is 17.1 Å². The molecule has 2 N–H and O–H groups in total. The van der Waals surface area contributed by atoms with Crippen molar-refractivity contribution in [2.75, 3.05) is 20.8 Å². The van der Waals surface area contributed by atoms with Crippen molar-refractivity contribution >= 4 is 12.4 Å². The van der Waals surface area contributed by atoms with Crippen LogP contribution in [-0.4, -0.2) is 62.9 Å². The molecule has 0 unspecified atom stereocenters. The fourth-order valence-corrected chi connectivity index (χ4v) is 2.91. The maximum Gasteiger partial charge on any atom is 0.290 e. The SMILES string of the molecule is COCc1nnc2n1[C@@H](C)CN(C(=O)c1cc(=O)c(OC)c[nH]1)C2.O=CO. The molecule has 11 nitrogen and oxygen atoms in total. The highest BCUT2D eigenvalue weighted by atomic mass is 16.5. The van der Waals surface area contributed by atoms with Crippen molar-refractivity contribution in [2.24, 2.45) is 0 Å². The van der Waals surface area contributed by atoms with Gasteiger partial charge in [-0.15, -0.1) is 10.2 Å². The number of hydrogen-bond donors (Lipinski definition) is 2. The maximum atomic E-state index is 12.7. The Morgan fingerprint density at radius 1 is 1.44 bits per heavy atom. The molecule has 1 aliphatic heterocycles. The molecule has 0 spiro atoms. The summed E-state index contributed by atoms with van der Waals surface area (Å²) in [5.41, 5.74) is -0.117. The molecule has 2 aromatic rings. The van der Waals surface area contributed by atoms with E-state index in [4.69, 9.17) is 19.4 Å². The summed E-state index contributed by atoms with van der Waals surface area (Å²) >= 11 is 0. The van der Waals surface area contributed by atoms with Gasteiger partial charge in [0.1, 0.15) is 12.3 Å². The van der Waals surface area contributed by atoms with Gasteiger partial charge in [-0.2, -0.15) is 0 Å². The third-order valence-corrected chi connectivity index (χ3v) is 3.98. The van der Waals surface area contributed by atoms with E-state index in [0.717, 1.165) is 5.82 Å². The number of pyridine rings is 1. The van der Waals surface area contributed by atoms with Crippen LogP contribution in [0, 0.1) is 0 Å². The lowest BCUT2D eigenvalue weighted by Gasteiger charge is -2.32. The van der Waals surface area contributed by atoms with Crippen LogP contribution in [0.5, 0.6) is 5.75 Å². The Morgan fingerprint density at radius 3 is 2.74 bits per heavy atom. The second-order valence-corrected chi connectivity index (χ2v) is 5.75. The first-order valence-electron chi connectivity index (χ1n) is 8.02. The fraction of sp³-hybridized carbons (Fsp3) is 0.438. The van der Waals surface area contributed by atoms with E-state index < -0.39 is 0 Å². The zero-order valence-electron chi connectivity index (χ0n) is 15.2. The van der Waals surface area contributed by atoms with Gasteiger partial charge in [-0.05, 0) is 6.92 Å². The van der Waals surface area contributed by atoms with Gasteiger partial charge in [0.2, 0.25) is 5.43 Å². The molecular formula is C16H21N5O6. The topological polar surface area (TPSA) is 140 Å². The van der Waals surface area contributed by atoms with Gasteiger partial charge in [-0.25, -0.2) is 0 Å². The van der Waals surface area contributed by atoms with Crippen LogP contribution in [0.2, 0.25) is 0 Å². The van der Waals surface area contributed by atoms with E-state index in [1.165, 1.54) is 19.4 Å². The number of ether oxygens (including phenoxy) is 2. The number of aromatic amines is 1. The van der Waals surface area contributed by atoms with Gasteiger partial charge in [0, 0.05) is 25.9 Å². The number of amides is 1. The molecule has 0 aromatic carbocycles. The normalized spacial score (nSPS) is 15.4. The molecule has 1 atom stereocenters. The quantitative estimate of drug-likeness (QED) is 0.710. The molecule has 0 saturated heterocycles. The second kappa shape index (κ2) is 8.94. The summed E-state index contributed by atoms with van der Waals surface area (Å²) in [6.07, 6.45) is 1.39. The number of fused-ring (bicyclic) bond motifs is 1. The summed E-state index contributed by atoms with van der Waals surface area (Å²) < 4.78 is 12.0. The Labute approximate surface area is 154 Å². The number of nitrogens with one attached hydrogen (secondary N) is 1. The lowest BCUT2D eigenvalue weighted by atomic mass is 10.2. The van der Waals surface area contributed by atoms with Crippen LogP contribution in [0.3, 0.4) is 0 Å². The van der Waals surface area contributed by atoms with Crippen LogP contribution in [0.1, 0.15) is 35.1 Å². The summed E-state index contributed by atoms with van der Waals surface area (Å²) in [7, 11) is 3.01. The molecule has 146 valence electrons. The van der Waals surface area contributed by atoms with E-state index in [9.17, 15) is 9.59 Å². The van der Waals surface area contributed by atoms with Gasteiger partial charge in [0.05, 0.1) is 19.7 Å². The highest BCUT2D eigenvalue weighted by Gasteiger charge is 2.30. The first-order valence-corrected chi connectivity index (χ1v) is 8.02. The van der Waals surface area contributed by atoms with Gasteiger partial charge >= 0.3 is 0 Å². The smallest absolute Gasteiger partial charge is 0.290 e. The molecule has 3 rings (SSSR count). The molecule has 0 saturated carbocycles. The molecule has 3 heterocycles. The minimum Gasteiger partial charge on any atom is -0.491 e. The molecule has 11 heteroatoms. The number of carbonyl (C=O) groups excluding carboxylic acids is 1. The van der Waals surface area contributed by atoms with E-state index >= 15 is 0 Å². The Hall–Kier alpha value is -3.21. The van der Waals surface area contributed by atoms with Gasteiger partial charge < -0.3 is 29.0 Å². The molecule has 2 aromatic heterocycles. The average molecular weight is 379 g/mol. The average Bonchev–Trinajstić information content (AvgIpc) is 3.05. The van der Waals surface area contributed by atoms with E-state index in [-0.39, 0.29) is 35.3 Å². The molecule has 0 bridgehead atoms. The Balaban J connectivity index is 0.000000817. The number of nitrogens with zero attached hydrogens (tertiary/aromatic N) is 4. The minimum atomic E-state index is -0.338. The second-order valence-electron chi connectivity index (χ2n) is 5.75. The Bertz CT molecular complexity index is 861. The fourth-order valence-electron chi connectivity index (χ4n) is 2.91. The van der Waals surface area contributed by atoms with E-state index in [1.54, 1.807) is 12.0 Å². The molecule has 1 amide bonds. The highest BCUT2D eigenvalue weighted by molar-refractivity contribution is 5.92. The van der Waals surface area contributed by atoms with Crippen molar-refractivity contribution in [1.29, 1.82) is 0 Å². The first-order chi connectivity index (χ1) is 13.0. The molecule has 1 aliphatic rings. The number of aromatic nitrogens is 4. The molecule has 0 aliphatic carbocycles. The summed E-state index contributed by atoms with van der Waals surface area (Å²) in [6, 6.07) is 1.27. The van der Waals surface area contributed by atoms with Crippen LogP contribution < -0.4 is 10.2 Å². The number of rotatable bonds is 4. The number of H-pyrrole nitrogens is 1. The van der Waals surface area contributed by atoms with Crippen molar-refractivity contribution < 1.29 is 24.2 Å². The lowest BCUT2D eigenvalue weighted by molar-refractivity contribution is -0.122. The zero-order chi connectivity index (χ0) is 20.0. The number of carbonyl (C=O) groups is 2. The van der Waals surface area contributed by atoms with Crippen molar-refractivity contribution in [3.63, 3.8) is 0 Å². The molecule has 0 fully saturated rings. The largest absolute Gasteiger partial charge is 0.491 e. The number of methoxy groups -OCH3 is 2. The third-order valence-electron chi connectivity index (χ3n) is 3.98. The van der Waals surface area contributed by atoms with Crippen LogP contribution >= 0.6 is 0 Å². The lowest BCUT2D eigenvalue weighted by Crippen LogP contribution is -2.41. The first kappa shape index (κ1) is 20.1. The van der Waals surface area contributed by atoms with Crippen LogP contribution in [0.25, 0.3) is 0 Å². The summed E-state index contributed by atoms with van der Waals surface area (Å²) in [4.78, 5) is 37.3. The van der Waals surface area contributed by atoms with Crippen molar-refractivity contribution in [2.45, 2.75) is 26.1 Å². The number of carboxylic acid groups (broad SMARTS) is 1. The zero-order valence-corrected chi connectivity index (χ0v) is 15.2. The van der Waals surface area contributed by atoms with Gasteiger partial charge in [0.15, 0.2) is 17.4 Å². The molecular weight excluding hydrogens is 358 g/mol. The maximum absolute atomic E-state index is 12.7. The Kier molecular flexibility index (Phi) is 6.66. The van der Waals surface area contributed by atoms with E-state index in [0.29, 0.717) is 25.5 Å². The highest BCUT2D eigenvalue weighted by Crippen LogP contribution is 2.22. The van der Waals surface area contributed by atoms with Crippen molar-refractivity contribution in [3.05, 3.63) is 39.8 Å². The third kappa shape index (κ3) is 4.31. The Morgan fingerprint density at radius 2 is 2.15 bits per heavy atom. The predicted octanol–water partition coefficient (Wildman–Crippen LogP) is 0.0392. The van der Waals surface area contributed by atoms with Crippen LogP contribution in [-0.2, 0) is 22.7 Å².